The molecule has 0 aliphatic carbocycles. The van der Waals surface area contributed by atoms with Crippen LogP contribution in [-0.4, -0.2) is 7.11 Å². The minimum absolute atomic E-state index is 0.0266. The lowest BCUT2D eigenvalue weighted by molar-refractivity contribution is 0.415. The van der Waals surface area contributed by atoms with Crippen molar-refractivity contribution in [3.05, 3.63) is 51.6 Å². The molecule has 2 rings (SSSR count). The summed E-state index contributed by atoms with van der Waals surface area (Å²) in [6.45, 7) is 0. The van der Waals surface area contributed by atoms with Crippen molar-refractivity contribution in [2.24, 2.45) is 0 Å². The highest BCUT2D eigenvalue weighted by atomic mass is 35.5. The van der Waals surface area contributed by atoms with Crippen molar-refractivity contribution in [1.29, 1.82) is 0 Å². The van der Waals surface area contributed by atoms with Gasteiger partial charge in [-0.2, -0.15) is 0 Å². The maximum Gasteiger partial charge on any atom is 0.178 e. The molecular weight excluding hydrogens is 212 g/mol. The largest absolute Gasteiger partial charge is 0.495 e. The molecule has 0 aromatic heterocycles. The van der Waals surface area contributed by atoms with E-state index in [1.165, 1.54) is 12.1 Å². The smallest absolute Gasteiger partial charge is 0.178 e. The number of hydrogen-bond acceptors (Lipinski definition) is 2. The first-order chi connectivity index (χ1) is 7.20. The monoisotopic (exact) mass is 220 g/mol. The normalized spacial score (nSPS) is 10.3. The molecule has 0 unspecified atom stereocenters. The Morgan fingerprint density at radius 1 is 1.07 bits per heavy atom. The summed E-state index contributed by atoms with van der Waals surface area (Å²) in [5, 5.41) is 2.39. The van der Waals surface area contributed by atoms with Gasteiger partial charge in [0.05, 0.1) is 12.1 Å². The number of halogens is 1. The zero-order valence-corrected chi connectivity index (χ0v) is 8.91. The predicted octanol–water partition coefficient (Wildman–Crippen LogP) is 2.86. The first-order valence-electron chi connectivity index (χ1n) is 4.48. The van der Waals surface area contributed by atoms with Crippen LogP contribution < -0.4 is 10.2 Å². The van der Waals surface area contributed by atoms with E-state index >= 15 is 0 Å². The molecule has 0 radical (unpaired) electrons. The van der Waals surface area contributed by atoms with Gasteiger partial charge in [-0.05, 0) is 35.0 Å². The van der Waals surface area contributed by atoms with Gasteiger partial charge < -0.3 is 4.74 Å². The molecule has 0 heterocycles. The molecule has 0 spiro atoms. The van der Waals surface area contributed by atoms with E-state index in [2.05, 4.69) is 0 Å². The van der Waals surface area contributed by atoms with Crippen LogP contribution in [0.25, 0.3) is 10.8 Å². The Morgan fingerprint density at radius 2 is 1.67 bits per heavy atom. The van der Waals surface area contributed by atoms with E-state index in [0.717, 1.165) is 10.8 Å². The van der Waals surface area contributed by atoms with Gasteiger partial charge in [-0.25, -0.2) is 0 Å². The Balaban J connectivity index is 2.83. The third-order valence-corrected chi connectivity index (χ3v) is 2.51. The molecule has 0 saturated carbocycles. The average molecular weight is 221 g/mol. The highest BCUT2D eigenvalue weighted by Crippen LogP contribution is 2.28. The highest BCUT2D eigenvalue weighted by Gasteiger charge is 2.01. The molecule has 2 nitrogen and oxygen atoms in total. The molecule has 2 aromatic rings. The molecule has 0 atom stereocenters. The molecule has 0 fully saturated rings. The summed E-state index contributed by atoms with van der Waals surface area (Å²) < 4.78 is 5.10. The van der Waals surface area contributed by atoms with Crippen molar-refractivity contribution >= 4 is 22.4 Å². The summed E-state index contributed by atoms with van der Waals surface area (Å²) in [4.78, 5) is 11.2. The molecule has 0 amide bonds. The minimum atomic E-state index is -0.0266. The van der Waals surface area contributed by atoms with Gasteiger partial charge in [-0.15, -0.1) is 0 Å². The molecule has 0 saturated heterocycles. The number of fused-ring (bicyclic) bond motifs is 1. The molecular formula is C12H9ClO2. The summed E-state index contributed by atoms with van der Waals surface area (Å²) in [6.07, 6.45) is 0. The third-order valence-electron chi connectivity index (χ3n) is 2.21. The maximum absolute atomic E-state index is 11.2. The summed E-state index contributed by atoms with van der Waals surface area (Å²) in [5.74, 6) is 0.614. The lowest BCUT2D eigenvalue weighted by atomic mass is 10.2. The lowest BCUT2D eigenvalue weighted by Crippen LogP contribution is -1.87. The number of hydrogen-bond donors (Lipinski definition) is 0. The summed E-state index contributed by atoms with van der Waals surface area (Å²) in [5.41, 5.74) is -0.0266. The lowest BCUT2D eigenvalue weighted by Gasteiger charge is -2.03. The van der Waals surface area contributed by atoms with Gasteiger partial charge in [0, 0.05) is 0 Å². The fraction of sp³-hybridized carbons (Fsp3) is 0.0833. The maximum atomic E-state index is 11.2. The van der Waals surface area contributed by atoms with Crippen LogP contribution in [0, 0.1) is 0 Å². The van der Waals surface area contributed by atoms with Crippen molar-refractivity contribution < 1.29 is 4.74 Å². The van der Waals surface area contributed by atoms with Gasteiger partial charge in [-0.3, -0.25) is 4.79 Å². The van der Waals surface area contributed by atoms with Crippen LogP contribution in [0.3, 0.4) is 0 Å². The standard InChI is InChI=1S/C12H9ClO2/c1-15-12-7-9-3-5-10(14)4-2-8(9)6-11(12)13/h2-7H,1H3. The summed E-state index contributed by atoms with van der Waals surface area (Å²) in [7, 11) is 1.56. The van der Waals surface area contributed by atoms with E-state index in [1.54, 1.807) is 25.3 Å². The number of rotatable bonds is 1. The Kier molecular flexibility index (Phi) is 2.60. The van der Waals surface area contributed by atoms with Crippen LogP contribution in [0.4, 0.5) is 0 Å². The summed E-state index contributed by atoms with van der Waals surface area (Å²) in [6, 6.07) is 10.2. The van der Waals surface area contributed by atoms with Crippen molar-refractivity contribution in [2.45, 2.75) is 0 Å². The van der Waals surface area contributed by atoms with E-state index < -0.39 is 0 Å². The highest BCUT2D eigenvalue weighted by molar-refractivity contribution is 6.32. The van der Waals surface area contributed by atoms with Crippen LogP contribution >= 0.6 is 11.6 Å². The molecule has 3 heteroatoms. The van der Waals surface area contributed by atoms with Crippen LogP contribution in [0.2, 0.25) is 5.02 Å². The van der Waals surface area contributed by atoms with Gasteiger partial charge in [0.1, 0.15) is 5.75 Å². The molecule has 0 bridgehead atoms. The molecule has 0 aliphatic rings. The van der Waals surface area contributed by atoms with Crippen molar-refractivity contribution in [3.8, 4) is 5.75 Å². The third kappa shape index (κ3) is 1.95. The van der Waals surface area contributed by atoms with E-state index in [9.17, 15) is 4.79 Å². The zero-order chi connectivity index (χ0) is 10.8. The van der Waals surface area contributed by atoms with Crippen LogP contribution in [0.5, 0.6) is 5.75 Å². The Bertz CT molecular complexity index is 564. The fourth-order valence-electron chi connectivity index (χ4n) is 1.43. The van der Waals surface area contributed by atoms with Crippen LogP contribution in [0.1, 0.15) is 0 Å². The topological polar surface area (TPSA) is 26.3 Å². The quantitative estimate of drug-likeness (QED) is 0.739. The van der Waals surface area contributed by atoms with Crippen LogP contribution in [-0.2, 0) is 0 Å². The first-order valence-corrected chi connectivity index (χ1v) is 4.86. The Labute approximate surface area is 92.1 Å². The van der Waals surface area contributed by atoms with Gasteiger partial charge in [-0.1, -0.05) is 23.7 Å². The van der Waals surface area contributed by atoms with E-state index in [0.29, 0.717) is 10.8 Å². The second-order valence-corrected chi connectivity index (χ2v) is 3.59. The fourth-order valence-corrected chi connectivity index (χ4v) is 1.68. The average Bonchev–Trinajstić information content (AvgIpc) is 2.40. The first kappa shape index (κ1) is 9.99. The number of ether oxygens (including phenoxy) is 1. The van der Waals surface area contributed by atoms with E-state index in [-0.39, 0.29) is 5.43 Å². The van der Waals surface area contributed by atoms with Crippen LogP contribution in [0.15, 0.2) is 41.2 Å². The van der Waals surface area contributed by atoms with E-state index in [1.807, 2.05) is 6.07 Å². The van der Waals surface area contributed by atoms with Crippen molar-refractivity contribution in [2.75, 3.05) is 7.11 Å². The molecule has 15 heavy (non-hydrogen) atoms. The molecule has 2 aromatic carbocycles. The van der Waals surface area contributed by atoms with E-state index in [4.69, 9.17) is 16.3 Å². The zero-order valence-electron chi connectivity index (χ0n) is 8.16. The molecule has 76 valence electrons. The predicted molar refractivity (Wildman–Crippen MR) is 61.8 cm³/mol. The molecule has 0 aliphatic heterocycles. The van der Waals surface area contributed by atoms with Gasteiger partial charge in [0.15, 0.2) is 5.43 Å². The van der Waals surface area contributed by atoms with Gasteiger partial charge in [0.2, 0.25) is 0 Å². The van der Waals surface area contributed by atoms with Gasteiger partial charge >= 0.3 is 0 Å². The Hall–Kier alpha value is -1.54. The second-order valence-electron chi connectivity index (χ2n) is 3.18. The SMILES string of the molecule is COc1cc2ccc(=O)ccc2cc1Cl. The van der Waals surface area contributed by atoms with Gasteiger partial charge in [0.25, 0.3) is 0 Å². The molecule has 0 N–H and O–H groups in total. The Morgan fingerprint density at radius 3 is 2.27 bits per heavy atom. The van der Waals surface area contributed by atoms with Crippen molar-refractivity contribution in [1.82, 2.24) is 0 Å². The summed E-state index contributed by atoms with van der Waals surface area (Å²) >= 11 is 5.98. The number of benzene rings is 1. The van der Waals surface area contributed by atoms with Crippen molar-refractivity contribution in [3.63, 3.8) is 0 Å². The number of methoxy groups -OCH3 is 1. The second kappa shape index (κ2) is 3.91. The minimum Gasteiger partial charge on any atom is -0.495 e.